The number of halogens is 1. The first-order valence-electron chi connectivity index (χ1n) is 6.07. The fourth-order valence-electron chi connectivity index (χ4n) is 2.29. The van der Waals surface area contributed by atoms with Crippen LogP contribution in [0.1, 0.15) is 18.5 Å². The Morgan fingerprint density at radius 2 is 2.24 bits per heavy atom. The lowest BCUT2D eigenvalue weighted by molar-refractivity contribution is 0.176. The van der Waals surface area contributed by atoms with Crippen molar-refractivity contribution in [1.82, 2.24) is 10.2 Å². The molecule has 1 aromatic rings. The molecule has 0 spiro atoms. The number of rotatable bonds is 3. The van der Waals surface area contributed by atoms with E-state index in [2.05, 4.69) is 47.5 Å². The molecule has 0 radical (unpaired) electrons. The van der Waals surface area contributed by atoms with E-state index in [1.54, 1.807) is 5.54 Å². The van der Waals surface area contributed by atoms with Crippen molar-refractivity contribution < 1.29 is 0 Å². The number of piperazine rings is 1. The molecular formula is C14H19ClN2. The Labute approximate surface area is 108 Å². The van der Waals surface area contributed by atoms with Gasteiger partial charge in [0.15, 0.2) is 0 Å². The summed E-state index contributed by atoms with van der Waals surface area (Å²) < 4.78 is 0. The molecule has 2 nitrogen and oxygen atoms in total. The smallest absolute Gasteiger partial charge is 0.0476 e. The maximum Gasteiger partial charge on any atom is 0.0476 e. The molecule has 1 heterocycles. The Balaban J connectivity index is 2.12. The van der Waals surface area contributed by atoms with Crippen LogP contribution in [0, 0.1) is 0 Å². The first-order chi connectivity index (χ1) is 8.31. The first kappa shape index (κ1) is 12.6. The van der Waals surface area contributed by atoms with Crippen LogP contribution in [0.5, 0.6) is 0 Å². The third-order valence-corrected chi connectivity index (χ3v) is 3.55. The molecule has 0 aromatic heterocycles. The van der Waals surface area contributed by atoms with Crippen LogP contribution in [-0.2, 0) is 0 Å². The highest BCUT2D eigenvalue weighted by molar-refractivity contribution is 6.25. The van der Waals surface area contributed by atoms with Crippen molar-refractivity contribution in [3.8, 4) is 0 Å². The van der Waals surface area contributed by atoms with Gasteiger partial charge < -0.3 is 5.32 Å². The summed E-state index contributed by atoms with van der Waals surface area (Å²) in [5, 5.41) is 3.46. The molecule has 3 heteroatoms. The molecule has 1 saturated heterocycles. The van der Waals surface area contributed by atoms with Crippen molar-refractivity contribution in [2.45, 2.75) is 13.0 Å². The molecule has 1 aromatic carbocycles. The van der Waals surface area contributed by atoms with Gasteiger partial charge in [0.05, 0.1) is 0 Å². The normalized spacial score (nSPS) is 22.7. The second-order valence-corrected chi connectivity index (χ2v) is 4.77. The highest BCUT2D eigenvalue weighted by Gasteiger charge is 2.23. The highest BCUT2D eigenvalue weighted by atomic mass is 35.5. The van der Waals surface area contributed by atoms with Crippen LogP contribution in [0.3, 0.4) is 0 Å². The summed E-state index contributed by atoms with van der Waals surface area (Å²) in [6.45, 7) is 6.17. The number of hydrogen-bond donors (Lipinski definition) is 1. The lowest BCUT2D eigenvalue weighted by Crippen LogP contribution is -2.46. The largest absolute Gasteiger partial charge is 0.314 e. The van der Waals surface area contributed by atoms with Crippen LogP contribution in [0.4, 0.5) is 0 Å². The van der Waals surface area contributed by atoms with Gasteiger partial charge in [0.2, 0.25) is 0 Å². The summed E-state index contributed by atoms with van der Waals surface area (Å²) in [5.41, 5.74) is 4.28. The predicted molar refractivity (Wildman–Crippen MR) is 73.2 cm³/mol. The average Bonchev–Trinajstić information content (AvgIpc) is 2.40. The first-order valence-corrected chi connectivity index (χ1v) is 6.50. The van der Waals surface area contributed by atoms with Gasteiger partial charge in [-0.3, -0.25) is 4.90 Å². The van der Waals surface area contributed by atoms with Gasteiger partial charge in [-0.05, 0) is 18.1 Å². The number of nitrogens with zero attached hydrogens (tertiary/aromatic N) is 1. The van der Waals surface area contributed by atoms with E-state index in [1.165, 1.54) is 11.1 Å². The van der Waals surface area contributed by atoms with Gasteiger partial charge in [0, 0.05) is 37.8 Å². The van der Waals surface area contributed by atoms with Crippen LogP contribution >= 0.6 is 11.6 Å². The summed E-state index contributed by atoms with van der Waals surface area (Å²) in [6.07, 6.45) is 0. The molecule has 0 amide bonds. The van der Waals surface area contributed by atoms with E-state index in [0.29, 0.717) is 6.04 Å². The summed E-state index contributed by atoms with van der Waals surface area (Å²) >= 11 is 5.76. The molecule has 17 heavy (non-hydrogen) atoms. The van der Waals surface area contributed by atoms with Gasteiger partial charge in [-0.15, -0.1) is 0 Å². The molecule has 1 fully saturated rings. The Hall–Kier alpha value is -0.830. The summed E-state index contributed by atoms with van der Waals surface area (Å²) in [5.74, 6) is 0. The predicted octanol–water partition coefficient (Wildman–Crippen LogP) is 2.78. The molecule has 1 N–H and O–H groups in total. The third kappa shape index (κ3) is 3.32. The van der Waals surface area contributed by atoms with Crippen molar-refractivity contribution in [2.75, 3.05) is 26.2 Å². The lowest BCUT2D eigenvalue weighted by atomic mass is 10.0. The van der Waals surface area contributed by atoms with Gasteiger partial charge in [-0.1, -0.05) is 41.9 Å². The molecule has 0 aliphatic carbocycles. The standard InChI is InChI=1S/C14H19ClN2/c1-12(9-15)11-17-8-7-16-10-14(17)13-5-3-2-4-6-13/h2-6,9,14,16H,7-8,10-11H2,1H3/b12-9-. The maximum absolute atomic E-state index is 5.76. The Kier molecular flexibility index (Phi) is 4.60. The van der Waals surface area contributed by atoms with Crippen LogP contribution in [0.15, 0.2) is 41.4 Å². The van der Waals surface area contributed by atoms with E-state index in [1.807, 2.05) is 0 Å². The van der Waals surface area contributed by atoms with E-state index in [4.69, 9.17) is 11.6 Å². The molecule has 1 aliphatic heterocycles. The van der Waals surface area contributed by atoms with Crippen molar-refractivity contribution in [1.29, 1.82) is 0 Å². The Bertz CT molecular complexity index is 375. The minimum absolute atomic E-state index is 0.455. The molecule has 1 aliphatic rings. The minimum atomic E-state index is 0.455. The van der Waals surface area contributed by atoms with E-state index >= 15 is 0 Å². The van der Waals surface area contributed by atoms with Crippen molar-refractivity contribution in [3.05, 3.63) is 47.0 Å². The zero-order valence-corrected chi connectivity index (χ0v) is 11.0. The monoisotopic (exact) mass is 250 g/mol. The molecule has 1 atom stereocenters. The van der Waals surface area contributed by atoms with Gasteiger partial charge >= 0.3 is 0 Å². The average molecular weight is 251 g/mol. The zero-order valence-electron chi connectivity index (χ0n) is 10.2. The molecule has 2 rings (SSSR count). The zero-order chi connectivity index (χ0) is 12.1. The van der Waals surface area contributed by atoms with Crippen LogP contribution in [0.25, 0.3) is 0 Å². The second kappa shape index (κ2) is 6.20. The summed E-state index contributed by atoms with van der Waals surface area (Å²) in [6, 6.07) is 11.1. The molecule has 0 bridgehead atoms. The number of hydrogen-bond acceptors (Lipinski definition) is 2. The fourth-order valence-corrected chi connectivity index (χ4v) is 2.36. The van der Waals surface area contributed by atoms with Gasteiger partial charge in [-0.2, -0.15) is 0 Å². The van der Waals surface area contributed by atoms with Crippen LogP contribution in [-0.4, -0.2) is 31.1 Å². The second-order valence-electron chi connectivity index (χ2n) is 4.56. The van der Waals surface area contributed by atoms with Crippen molar-refractivity contribution in [2.24, 2.45) is 0 Å². The molecular weight excluding hydrogens is 232 g/mol. The molecule has 92 valence electrons. The lowest BCUT2D eigenvalue weighted by Gasteiger charge is -2.36. The van der Waals surface area contributed by atoms with Gasteiger partial charge in [-0.25, -0.2) is 0 Å². The molecule has 0 saturated carbocycles. The van der Waals surface area contributed by atoms with Gasteiger partial charge in [0.1, 0.15) is 0 Å². The minimum Gasteiger partial charge on any atom is -0.314 e. The van der Waals surface area contributed by atoms with Crippen molar-refractivity contribution >= 4 is 11.6 Å². The Morgan fingerprint density at radius 1 is 1.47 bits per heavy atom. The number of nitrogens with one attached hydrogen (secondary N) is 1. The van der Waals surface area contributed by atoms with E-state index in [-0.39, 0.29) is 0 Å². The topological polar surface area (TPSA) is 15.3 Å². The van der Waals surface area contributed by atoms with E-state index in [0.717, 1.165) is 26.2 Å². The van der Waals surface area contributed by atoms with Crippen LogP contribution in [0.2, 0.25) is 0 Å². The number of benzene rings is 1. The van der Waals surface area contributed by atoms with Crippen molar-refractivity contribution in [3.63, 3.8) is 0 Å². The summed E-state index contributed by atoms with van der Waals surface area (Å²) in [7, 11) is 0. The van der Waals surface area contributed by atoms with E-state index < -0.39 is 0 Å². The molecule has 1 unspecified atom stereocenters. The Morgan fingerprint density at radius 3 is 2.94 bits per heavy atom. The maximum atomic E-state index is 5.76. The third-order valence-electron chi connectivity index (χ3n) is 3.18. The summed E-state index contributed by atoms with van der Waals surface area (Å²) in [4.78, 5) is 2.49. The van der Waals surface area contributed by atoms with Crippen LogP contribution < -0.4 is 5.32 Å². The quantitative estimate of drug-likeness (QED) is 0.888. The highest BCUT2D eigenvalue weighted by Crippen LogP contribution is 2.22. The van der Waals surface area contributed by atoms with Gasteiger partial charge in [0.25, 0.3) is 0 Å². The SMILES string of the molecule is C/C(=C/Cl)CN1CCNCC1c1ccccc1. The van der Waals surface area contributed by atoms with E-state index in [9.17, 15) is 0 Å². The fraction of sp³-hybridized carbons (Fsp3) is 0.429.